The molecule has 1 aliphatic rings. The number of nitrogens with two attached hydrogens (primary N) is 1. The van der Waals surface area contributed by atoms with Gasteiger partial charge in [0.1, 0.15) is 22.2 Å². The van der Waals surface area contributed by atoms with Crippen molar-refractivity contribution in [1.29, 1.82) is 0 Å². The van der Waals surface area contributed by atoms with Crippen molar-refractivity contribution in [3.05, 3.63) is 71.2 Å². The first-order valence-corrected chi connectivity index (χ1v) is 12.2. The largest absolute Gasteiger partial charge is 0.857 e. The topological polar surface area (TPSA) is 113 Å². The van der Waals surface area contributed by atoms with Gasteiger partial charge in [-0.1, -0.05) is 0 Å². The van der Waals surface area contributed by atoms with E-state index < -0.39 is 17.5 Å². The van der Waals surface area contributed by atoms with Crippen LogP contribution in [0.25, 0.3) is 32.6 Å². The molecule has 3 aromatic heterocycles. The number of fused-ring (bicyclic) bond motifs is 1. The number of hydrogen-bond acceptors (Lipinski definition) is 8. The van der Waals surface area contributed by atoms with Crippen molar-refractivity contribution in [1.82, 2.24) is 10.3 Å². The second kappa shape index (κ2) is 8.93. The van der Waals surface area contributed by atoms with Gasteiger partial charge in [-0.25, -0.2) is 18.8 Å². The third kappa shape index (κ3) is 4.27. The molecule has 0 spiro atoms. The number of aliphatic imine (C=N–C) groups is 1. The molecule has 0 amide bonds. The summed E-state index contributed by atoms with van der Waals surface area (Å²) >= 11 is 1.04. The average molecular weight is 520 g/mol. The number of hydrogen-bond donors (Lipinski definition) is 1. The summed E-state index contributed by atoms with van der Waals surface area (Å²) in [6.07, 6.45) is 3.57. The number of pyridine rings is 1. The van der Waals surface area contributed by atoms with E-state index in [1.807, 2.05) is 12.1 Å². The number of ether oxygens (including phenoxy) is 1. The van der Waals surface area contributed by atoms with E-state index >= 15 is 0 Å². The van der Waals surface area contributed by atoms with Crippen LogP contribution in [0.5, 0.6) is 5.75 Å². The Bertz CT molecular complexity index is 1680. The molecule has 2 aromatic carbocycles. The van der Waals surface area contributed by atoms with Crippen LogP contribution in [0.2, 0.25) is 0 Å². The third-order valence-electron chi connectivity index (χ3n) is 6.10. The van der Waals surface area contributed by atoms with Crippen LogP contribution >= 0.6 is 11.3 Å². The minimum atomic E-state index is -0.761. The zero-order valence-corrected chi connectivity index (χ0v) is 20.3. The van der Waals surface area contributed by atoms with Gasteiger partial charge in [-0.05, 0) is 52.7 Å². The van der Waals surface area contributed by atoms with E-state index in [1.54, 1.807) is 36.2 Å². The maximum Gasteiger partial charge on any atom is 0.320 e. The van der Waals surface area contributed by atoms with Crippen LogP contribution in [-0.4, -0.2) is 23.3 Å². The smallest absolute Gasteiger partial charge is 0.320 e. The zero-order valence-electron chi connectivity index (χ0n) is 19.4. The lowest BCUT2D eigenvalue weighted by Crippen LogP contribution is -2.32. The molecule has 5 aromatic rings. The second-order valence-electron chi connectivity index (χ2n) is 8.60. The number of anilines is 1. The van der Waals surface area contributed by atoms with Gasteiger partial charge in [0.15, 0.2) is 6.04 Å². The SMILES string of the molecule is COc1ccc(-c2cc(-c3ccc(F)cc3F)c3c(N)c(/C([O-])=N/c4c[n+](C5CC5)no4)sc3n2)cc1. The third-order valence-corrected chi connectivity index (χ3v) is 7.19. The number of nitrogens with zero attached hydrogens (tertiary/aromatic N) is 4. The Balaban J connectivity index is 1.52. The van der Waals surface area contributed by atoms with Crippen LogP contribution in [0.3, 0.4) is 0 Å². The van der Waals surface area contributed by atoms with E-state index in [9.17, 15) is 13.9 Å². The highest BCUT2D eigenvalue weighted by Crippen LogP contribution is 2.42. The van der Waals surface area contributed by atoms with Crippen LogP contribution in [0.15, 0.2) is 64.2 Å². The molecule has 11 heteroatoms. The van der Waals surface area contributed by atoms with Gasteiger partial charge in [-0.2, -0.15) is 0 Å². The molecule has 0 radical (unpaired) electrons. The molecule has 1 fully saturated rings. The quantitative estimate of drug-likeness (QED) is 0.200. The second-order valence-corrected chi connectivity index (χ2v) is 9.60. The summed E-state index contributed by atoms with van der Waals surface area (Å²) in [6, 6.07) is 12.4. The predicted molar refractivity (Wildman–Crippen MR) is 133 cm³/mol. The van der Waals surface area contributed by atoms with Crippen LogP contribution in [0.4, 0.5) is 20.4 Å². The minimum absolute atomic E-state index is 0.0606. The first-order valence-electron chi connectivity index (χ1n) is 11.4. The monoisotopic (exact) mass is 519 g/mol. The highest BCUT2D eigenvalue weighted by molar-refractivity contribution is 7.21. The van der Waals surface area contributed by atoms with Gasteiger partial charge in [0.25, 0.3) is 6.20 Å². The van der Waals surface area contributed by atoms with Gasteiger partial charge >= 0.3 is 5.88 Å². The van der Waals surface area contributed by atoms with Crippen molar-refractivity contribution in [2.75, 3.05) is 12.8 Å². The van der Waals surface area contributed by atoms with Gasteiger partial charge in [-0.15, -0.1) is 11.3 Å². The lowest BCUT2D eigenvalue weighted by atomic mass is 9.99. The maximum atomic E-state index is 14.9. The van der Waals surface area contributed by atoms with Gasteiger partial charge in [-0.3, -0.25) is 4.52 Å². The summed E-state index contributed by atoms with van der Waals surface area (Å²) in [4.78, 5) is 9.27. The first kappa shape index (κ1) is 23.0. The molecular formula is C26H19F2N5O3S. The first-order chi connectivity index (χ1) is 17.9. The Kier molecular flexibility index (Phi) is 5.56. The van der Waals surface area contributed by atoms with E-state index in [-0.39, 0.29) is 28.1 Å². The predicted octanol–water partition coefficient (Wildman–Crippen LogP) is 4.55. The standard InChI is InChI=1S/C26H19F2N5O3S/c1-35-16-7-2-13(3-8-16)20-11-18(17-9-4-14(27)10-19(17)28)22-23(29)24(37-26(22)30-20)25(34)31-21-12-33(32-36-21)15-5-6-15/h2-4,7-12,15H,5-6H2,1H3,(H2-,29,31,32,34). The number of benzene rings is 2. The molecule has 8 nitrogen and oxygen atoms in total. The van der Waals surface area contributed by atoms with Gasteiger partial charge in [0, 0.05) is 41.3 Å². The fourth-order valence-corrected chi connectivity index (χ4v) is 5.07. The minimum Gasteiger partial charge on any atom is -0.857 e. The molecule has 0 unspecified atom stereocenters. The fraction of sp³-hybridized carbons (Fsp3) is 0.154. The molecule has 3 heterocycles. The van der Waals surface area contributed by atoms with Crippen LogP contribution < -0.4 is 20.3 Å². The molecule has 1 saturated carbocycles. The molecule has 2 N–H and O–H groups in total. The van der Waals surface area contributed by atoms with Crippen LogP contribution in [0.1, 0.15) is 23.8 Å². The Morgan fingerprint density at radius 3 is 2.65 bits per heavy atom. The maximum absolute atomic E-state index is 14.9. The fourth-order valence-electron chi connectivity index (χ4n) is 4.07. The molecule has 0 saturated heterocycles. The summed E-state index contributed by atoms with van der Waals surface area (Å²) in [5.74, 6) is -1.37. The lowest BCUT2D eigenvalue weighted by Gasteiger charge is -2.11. The van der Waals surface area contributed by atoms with E-state index in [0.717, 1.165) is 35.8 Å². The van der Waals surface area contributed by atoms with E-state index in [1.165, 1.54) is 12.1 Å². The van der Waals surface area contributed by atoms with E-state index in [0.29, 0.717) is 27.2 Å². The number of aromatic nitrogens is 3. The summed E-state index contributed by atoms with van der Waals surface area (Å²) in [6.45, 7) is 0. The van der Waals surface area contributed by atoms with Crippen LogP contribution in [-0.2, 0) is 0 Å². The highest BCUT2D eigenvalue weighted by Gasteiger charge is 2.35. The van der Waals surface area contributed by atoms with Crippen molar-refractivity contribution in [3.63, 3.8) is 0 Å². The summed E-state index contributed by atoms with van der Waals surface area (Å²) in [5, 5.41) is 17.4. The Morgan fingerprint density at radius 2 is 1.95 bits per heavy atom. The molecule has 0 bridgehead atoms. The molecule has 37 heavy (non-hydrogen) atoms. The number of rotatable bonds is 6. The molecule has 0 aliphatic heterocycles. The Morgan fingerprint density at radius 1 is 1.16 bits per heavy atom. The van der Waals surface area contributed by atoms with Crippen LogP contribution in [0, 0.1) is 11.6 Å². The zero-order chi connectivity index (χ0) is 25.7. The Hall–Kier alpha value is -4.38. The van der Waals surface area contributed by atoms with E-state index in [4.69, 9.17) is 20.0 Å². The summed E-state index contributed by atoms with van der Waals surface area (Å²) in [7, 11) is 1.57. The van der Waals surface area contributed by atoms with Crippen molar-refractivity contribution < 1.29 is 27.8 Å². The van der Waals surface area contributed by atoms with Crippen molar-refractivity contribution in [2.45, 2.75) is 18.9 Å². The molecule has 0 atom stereocenters. The summed E-state index contributed by atoms with van der Waals surface area (Å²) < 4.78 is 40.6. The van der Waals surface area contributed by atoms with Gasteiger partial charge in [0.2, 0.25) is 5.27 Å². The van der Waals surface area contributed by atoms with Gasteiger partial charge in [0.05, 0.1) is 23.4 Å². The summed E-state index contributed by atoms with van der Waals surface area (Å²) in [5.41, 5.74) is 8.30. The van der Waals surface area contributed by atoms with Crippen molar-refractivity contribution in [2.24, 2.45) is 4.99 Å². The van der Waals surface area contributed by atoms with Gasteiger partial charge < -0.3 is 15.6 Å². The lowest BCUT2D eigenvalue weighted by molar-refractivity contribution is -0.765. The number of halogens is 2. The highest BCUT2D eigenvalue weighted by atomic mass is 32.1. The van der Waals surface area contributed by atoms with E-state index in [2.05, 4.69) is 10.3 Å². The van der Waals surface area contributed by atoms with Crippen molar-refractivity contribution >= 4 is 39.0 Å². The number of methoxy groups -OCH3 is 1. The average Bonchev–Trinajstić information content (AvgIpc) is 3.55. The van der Waals surface area contributed by atoms with Crippen molar-refractivity contribution in [3.8, 4) is 28.1 Å². The molecule has 1 aliphatic carbocycles. The number of nitrogen functional groups attached to an aromatic ring is 1. The Labute approximate surface area is 213 Å². The normalized spacial score (nSPS) is 13.9. The number of thiophene rings is 1. The molecular weight excluding hydrogens is 500 g/mol. The molecule has 6 rings (SSSR count). The molecule has 186 valence electrons.